The topological polar surface area (TPSA) is 122 Å². The van der Waals surface area contributed by atoms with E-state index in [1.54, 1.807) is 12.1 Å². The lowest BCUT2D eigenvalue weighted by atomic mass is 10.3. The van der Waals surface area contributed by atoms with E-state index in [9.17, 15) is 8.42 Å². The van der Waals surface area contributed by atoms with Gasteiger partial charge in [0.25, 0.3) is 0 Å². The van der Waals surface area contributed by atoms with Crippen LogP contribution < -0.4 is 14.6 Å². The number of pyridine rings is 1. The maximum Gasteiger partial charge on any atom is 0.242 e. The number of sulfonamides is 1. The molecule has 9 nitrogen and oxygen atoms in total. The van der Waals surface area contributed by atoms with Gasteiger partial charge in [-0.1, -0.05) is 0 Å². The number of hydrogen-bond acceptors (Lipinski definition) is 7. The SMILES string of the molecule is COc1nc(-n2cc(S(N)(=O)=O)c3ccc(Br)nc32)nc(OC)c1Br. The first-order valence-corrected chi connectivity index (χ1v) is 9.75. The van der Waals surface area contributed by atoms with Gasteiger partial charge in [0.05, 0.1) is 14.2 Å². The van der Waals surface area contributed by atoms with Crippen molar-refractivity contribution >= 4 is 52.9 Å². The number of methoxy groups -OCH3 is 2. The lowest BCUT2D eigenvalue weighted by Crippen LogP contribution is -2.11. The van der Waals surface area contributed by atoms with Gasteiger partial charge in [-0.15, -0.1) is 0 Å². The van der Waals surface area contributed by atoms with Crippen LogP contribution in [0.4, 0.5) is 0 Å². The second-order valence-corrected chi connectivity index (χ2v) is 7.90. The van der Waals surface area contributed by atoms with E-state index in [1.807, 2.05) is 0 Å². The maximum atomic E-state index is 11.9. The largest absolute Gasteiger partial charge is 0.480 e. The summed E-state index contributed by atoms with van der Waals surface area (Å²) in [6, 6.07) is 3.21. The molecule has 0 spiro atoms. The Morgan fingerprint density at radius 2 is 1.68 bits per heavy atom. The highest BCUT2D eigenvalue weighted by molar-refractivity contribution is 9.10. The summed E-state index contributed by atoms with van der Waals surface area (Å²) >= 11 is 6.55. The van der Waals surface area contributed by atoms with Crippen LogP contribution in [0, 0.1) is 0 Å². The van der Waals surface area contributed by atoms with Crippen molar-refractivity contribution < 1.29 is 17.9 Å². The van der Waals surface area contributed by atoms with Crippen LogP contribution in [0.5, 0.6) is 11.8 Å². The molecule has 25 heavy (non-hydrogen) atoms. The Morgan fingerprint density at radius 3 is 2.20 bits per heavy atom. The normalized spacial score (nSPS) is 11.7. The average molecular weight is 493 g/mol. The smallest absolute Gasteiger partial charge is 0.242 e. The van der Waals surface area contributed by atoms with Gasteiger partial charge in [0, 0.05) is 11.6 Å². The van der Waals surface area contributed by atoms with Crippen molar-refractivity contribution in [2.45, 2.75) is 4.90 Å². The van der Waals surface area contributed by atoms with E-state index in [2.05, 4.69) is 46.8 Å². The van der Waals surface area contributed by atoms with Gasteiger partial charge in [0.15, 0.2) is 0 Å². The molecule has 132 valence electrons. The fraction of sp³-hybridized carbons (Fsp3) is 0.154. The Morgan fingerprint density at radius 1 is 1.08 bits per heavy atom. The molecular formula is C13H11Br2N5O4S. The minimum atomic E-state index is -3.97. The van der Waals surface area contributed by atoms with Gasteiger partial charge in [-0.3, -0.25) is 4.57 Å². The predicted molar refractivity (Wildman–Crippen MR) is 96.5 cm³/mol. The number of aromatic nitrogens is 4. The van der Waals surface area contributed by atoms with Crippen molar-refractivity contribution in [3.63, 3.8) is 0 Å². The maximum absolute atomic E-state index is 11.9. The molecular weight excluding hydrogens is 482 g/mol. The third-order valence-corrected chi connectivity index (χ3v) is 5.33. The molecule has 0 fully saturated rings. The third-order valence-electron chi connectivity index (χ3n) is 3.27. The molecule has 0 atom stereocenters. The number of nitrogens with two attached hydrogens (primary N) is 1. The molecule has 0 radical (unpaired) electrons. The minimum Gasteiger partial charge on any atom is -0.480 e. The number of hydrogen-bond donors (Lipinski definition) is 1. The van der Waals surface area contributed by atoms with Crippen molar-refractivity contribution in [1.82, 2.24) is 19.5 Å². The van der Waals surface area contributed by atoms with Gasteiger partial charge in [0.2, 0.25) is 27.7 Å². The molecule has 3 heterocycles. The summed E-state index contributed by atoms with van der Waals surface area (Å²) in [5.74, 6) is 0.550. The van der Waals surface area contributed by atoms with Crippen LogP contribution >= 0.6 is 31.9 Å². The van der Waals surface area contributed by atoms with Gasteiger partial charge in [0.1, 0.15) is 19.6 Å². The monoisotopic (exact) mass is 491 g/mol. The summed E-state index contributed by atoms with van der Waals surface area (Å²) < 4.78 is 36.5. The van der Waals surface area contributed by atoms with Crippen LogP contribution in [-0.2, 0) is 10.0 Å². The molecule has 0 bridgehead atoms. The molecule has 0 amide bonds. The van der Waals surface area contributed by atoms with E-state index in [-0.39, 0.29) is 22.6 Å². The van der Waals surface area contributed by atoms with E-state index in [0.29, 0.717) is 20.1 Å². The van der Waals surface area contributed by atoms with E-state index in [0.717, 1.165) is 0 Å². The van der Waals surface area contributed by atoms with Crippen LogP contribution in [0.1, 0.15) is 0 Å². The summed E-state index contributed by atoms with van der Waals surface area (Å²) in [5, 5.41) is 5.65. The van der Waals surface area contributed by atoms with Gasteiger partial charge in [-0.25, -0.2) is 18.5 Å². The Hall–Kier alpha value is -1.76. The predicted octanol–water partition coefficient (Wildman–Crippen LogP) is 2.01. The van der Waals surface area contributed by atoms with E-state index in [1.165, 1.54) is 25.0 Å². The van der Waals surface area contributed by atoms with Gasteiger partial charge in [-0.2, -0.15) is 9.97 Å². The Balaban J connectivity index is 2.38. The summed E-state index contributed by atoms with van der Waals surface area (Å²) in [5.41, 5.74) is 0.310. The summed E-state index contributed by atoms with van der Waals surface area (Å²) in [6.07, 6.45) is 1.31. The van der Waals surface area contributed by atoms with Crippen LogP contribution in [0.25, 0.3) is 17.0 Å². The van der Waals surface area contributed by atoms with Crippen molar-refractivity contribution in [2.75, 3.05) is 14.2 Å². The fourth-order valence-corrected chi connectivity index (χ4v) is 3.72. The highest BCUT2D eigenvalue weighted by atomic mass is 79.9. The van der Waals surface area contributed by atoms with Crippen LogP contribution in [-0.4, -0.2) is 42.2 Å². The second kappa shape index (κ2) is 6.52. The van der Waals surface area contributed by atoms with Crippen molar-refractivity contribution in [1.29, 1.82) is 0 Å². The van der Waals surface area contributed by atoms with Gasteiger partial charge >= 0.3 is 0 Å². The lowest BCUT2D eigenvalue weighted by Gasteiger charge is -2.10. The standard InChI is InChI=1S/C13H11Br2N5O4S/c1-23-11-9(15)12(24-2)19-13(18-11)20-5-7(25(16,21)22)6-3-4-8(14)17-10(6)20/h3-5H,1-2H3,(H2,16,21,22). The minimum absolute atomic E-state index is 0.0908. The van der Waals surface area contributed by atoms with Crippen molar-refractivity contribution in [2.24, 2.45) is 5.14 Å². The molecule has 12 heteroatoms. The third kappa shape index (κ3) is 3.21. The fourth-order valence-electron chi connectivity index (χ4n) is 2.20. The van der Waals surface area contributed by atoms with Gasteiger partial charge < -0.3 is 9.47 Å². The van der Waals surface area contributed by atoms with Crippen LogP contribution in [0.3, 0.4) is 0 Å². The highest BCUT2D eigenvalue weighted by Crippen LogP contribution is 2.33. The van der Waals surface area contributed by atoms with E-state index in [4.69, 9.17) is 14.6 Å². The molecule has 0 saturated heterocycles. The number of nitrogens with zero attached hydrogens (tertiary/aromatic N) is 4. The van der Waals surface area contributed by atoms with Crippen molar-refractivity contribution in [3.05, 3.63) is 27.4 Å². The summed E-state index contributed by atoms with van der Waals surface area (Å²) in [4.78, 5) is 12.7. The Labute approximate surface area is 159 Å². The van der Waals surface area contributed by atoms with Crippen molar-refractivity contribution in [3.8, 4) is 17.7 Å². The first kappa shape index (κ1) is 18.0. The molecule has 0 aliphatic heterocycles. The molecule has 0 unspecified atom stereocenters. The number of fused-ring (bicyclic) bond motifs is 1. The zero-order valence-corrected chi connectivity index (χ0v) is 16.9. The molecule has 3 aromatic rings. The average Bonchev–Trinajstić information content (AvgIpc) is 2.94. The Kier molecular flexibility index (Phi) is 4.70. The van der Waals surface area contributed by atoms with Gasteiger partial charge in [-0.05, 0) is 44.0 Å². The Bertz CT molecular complexity index is 1060. The summed E-state index contributed by atoms with van der Waals surface area (Å²) in [6.45, 7) is 0. The van der Waals surface area contributed by atoms with E-state index >= 15 is 0 Å². The number of rotatable bonds is 4. The molecule has 3 aromatic heterocycles. The quantitative estimate of drug-likeness (QED) is 0.552. The number of primary sulfonamides is 1. The van der Waals surface area contributed by atoms with Crippen LogP contribution in [0.15, 0.2) is 32.3 Å². The van der Waals surface area contributed by atoms with E-state index < -0.39 is 10.0 Å². The molecule has 0 aromatic carbocycles. The molecule has 0 saturated carbocycles. The number of ether oxygens (including phenoxy) is 2. The molecule has 0 aliphatic carbocycles. The zero-order chi connectivity index (χ0) is 18.4. The number of halogens is 2. The summed E-state index contributed by atoms with van der Waals surface area (Å²) in [7, 11) is -1.09. The highest BCUT2D eigenvalue weighted by Gasteiger charge is 2.22. The van der Waals surface area contributed by atoms with Crippen LogP contribution in [0.2, 0.25) is 0 Å². The first-order chi connectivity index (χ1) is 11.8. The molecule has 2 N–H and O–H groups in total. The lowest BCUT2D eigenvalue weighted by molar-refractivity contribution is 0.365. The molecule has 0 aliphatic rings. The second-order valence-electron chi connectivity index (χ2n) is 4.77. The zero-order valence-electron chi connectivity index (χ0n) is 12.9. The molecule has 3 rings (SSSR count). The first-order valence-electron chi connectivity index (χ1n) is 6.62.